The average molecular weight is 289 g/mol. The molecule has 0 aliphatic carbocycles. The van der Waals surface area contributed by atoms with Crippen LogP contribution in [0, 0.1) is 5.41 Å². The van der Waals surface area contributed by atoms with Crippen LogP contribution in [-0.2, 0) is 11.2 Å². The smallest absolute Gasteiger partial charge is 0.244 e. The quantitative estimate of drug-likeness (QED) is 0.722. The molecule has 1 aromatic carbocycles. The monoisotopic (exact) mass is 289 g/mol. The Kier molecular flexibility index (Phi) is 7.17. The van der Waals surface area contributed by atoms with Crippen LogP contribution in [0.2, 0.25) is 0 Å². The molecule has 0 saturated carbocycles. The van der Waals surface area contributed by atoms with Gasteiger partial charge in [-0.25, -0.2) is 0 Å². The van der Waals surface area contributed by atoms with Crippen molar-refractivity contribution in [3.05, 3.63) is 41.5 Å². The predicted octanol–water partition coefficient (Wildman–Crippen LogP) is 3.18. The lowest BCUT2D eigenvalue weighted by Gasteiger charge is -2.24. The lowest BCUT2D eigenvalue weighted by atomic mass is 9.88. The molecule has 0 aliphatic heterocycles. The van der Waals surface area contributed by atoms with Crippen LogP contribution >= 0.6 is 0 Å². The summed E-state index contributed by atoms with van der Waals surface area (Å²) in [5.41, 5.74) is 2.33. The second kappa shape index (κ2) is 8.63. The third kappa shape index (κ3) is 7.09. The van der Waals surface area contributed by atoms with Crippen LogP contribution in [0.1, 0.15) is 44.7 Å². The Hall–Kier alpha value is -1.61. The lowest BCUT2D eigenvalue weighted by Crippen LogP contribution is -2.33. The molecule has 3 heteroatoms. The van der Waals surface area contributed by atoms with Crippen molar-refractivity contribution in [2.75, 3.05) is 13.2 Å². The SMILES string of the molecule is CCc1ccc(/C=C/C(=O)NCC(C)(C)CCCO)cc1. The Morgan fingerprint density at radius 2 is 1.95 bits per heavy atom. The molecule has 0 heterocycles. The van der Waals surface area contributed by atoms with E-state index < -0.39 is 0 Å². The maximum Gasteiger partial charge on any atom is 0.244 e. The molecule has 0 aromatic heterocycles. The third-order valence-electron chi connectivity index (χ3n) is 3.57. The van der Waals surface area contributed by atoms with Crippen LogP contribution in [0.25, 0.3) is 6.08 Å². The Balaban J connectivity index is 2.43. The Morgan fingerprint density at radius 3 is 2.52 bits per heavy atom. The second-order valence-corrected chi connectivity index (χ2v) is 6.14. The first-order valence-electron chi connectivity index (χ1n) is 7.62. The van der Waals surface area contributed by atoms with Gasteiger partial charge in [0.25, 0.3) is 0 Å². The highest BCUT2D eigenvalue weighted by atomic mass is 16.2. The van der Waals surface area contributed by atoms with Gasteiger partial charge in [-0.3, -0.25) is 4.79 Å². The summed E-state index contributed by atoms with van der Waals surface area (Å²) in [6, 6.07) is 8.20. The molecule has 0 spiro atoms. The van der Waals surface area contributed by atoms with E-state index in [0.29, 0.717) is 6.54 Å². The predicted molar refractivity (Wildman–Crippen MR) is 88.0 cm³/mol. The van der Waals surface area contributed by atoms with Gasteiger partial charge in [0.1, 0.15) is 0 Å². The average Bonchev–Trinajstić information content (AvgIpc) is 2.49. The number of hydrogen-bond acceptors (Lipinski definition) is 2. The van der Waals surface area contributed by atoms with Gasteiger partial charge < -0.3 is 10.4 Å². The molecule has 1 amide bonds. The van der Waals surface area contributed by atoms with E-state index in [1.54, 1.807) is 6.08 Å². The van der Waals surface area contributed by atoms with Crippen molar-refractivity contribution in [1.29, 1.82) is 0 Å². The topological polar surface area (TPSA) is 49.3 Å². The highest BCUT2D eigenvalue weighted by Gasteiger charge is 2.17. The van der Waals surface area contributed by atoms with Crippen molar-refractivity contribution < 1.29 is 9.90 Å². The zero-order valence-electron chi connectivity index (χ0n) is 13.4. The number of nitrogens with one attached hydrogen (secondary N) is 1. The Bertz CT molecular complexity index is 461. The molecule has 21 heavy (non-hydrogen) atoms. The van der Waals surface area contributed by atoms with E-state index in [9.17, 15) is 4.79 Å². The summed E-state index contributed by atoms with van der Waals surface area (Å²) < 4.78 is 0. The molecule has 0 fully saturated rings. The van der Waals surface area contributed by atoms with Crippen LogP contribution in [0.5, 0.6) is 0 Å². The van der Waals surface area contributed by atoms with Gasteiger partial charge in [-0.1, -0.05) is 45.0 Å². The Morgan fingerprint density at radius 1 is 1.29 bits per heavy atom. The molecule has 0 unspecified atom stereocenters. The van der Waals surface area contributed by atoms with Gasteiger partial charge in [0.15, 0.2) is 0 Å². The van der Waals surface area contributed by atoms with Crippen molar-refractivity contribution in [3.63, 3.8) is 0 Å². The van der Waals surface area contributed by atoms with Crippen molar-refractivity contribution in [1.82, 2.24) is 5.32 Å². The molecule has 3 nitrogen and oxygen atoms in total. The first-order chi connectivity index (χ1) is 9.96. The fourth-order valence-electron chi connectivity index (χ4n) is 2.07. The normalized spacial score (nSPS) is 11.8. The van der Waals surface area contributed by atoms with Gasteiger partial charge in [-0.05, 0) is 41.9 Å². The van der Waals surface area contributed by atoms with Gasteiger partial charge >= 0.3 is 0 Å². The molecule has 0 bridgehead atoms. The summed E-state index contributed by atoms with van der Waals surface area (Å²) >= 11 is 0. The zero-order valence-corrected chi connectivity index (χ0v) is 13.4. The van der Waals surface area contributed by atoms with Gasteiger partial charge in [-0.2, -0.15) is 0 Å². The first kappa shape index (κ1) is 17.4. The summed E-state index contributed by atoms with van der Waals surface area (Å²) in [7, 11) is 0. The number of rotatable bonds is 8. The number of carbonyl (C=O) groups is 1. The number of amides is 1. The van der Waals surface area contributed by atoms with Gasteiger partial charge in [0, 0.05) is 19.2 Å². The summed E-state index contributed by atoms with van der Waals surface area (Å²) in [6.07, 6.45) is 6.08. The summed E-state index contributed by atoms with van der Waals surface area (Å²) in [4.78, 5) is 11.8. The highest BCUT2D eigenvalue weighted by molar-refractivity contribution is 5.91. The van der Waals surface area contributed by atoms with Crippen LogP contribution in [-0.4, -0.2) is 24.2 Å². The van der Waals surface area contributed by atoms with E-state index in [1.807, 2.05) is 18.2 Å². The zero-order chi connectivity index (χ0) is 15.7. The first-order valence-corrected chi connectivity index (χ1v) is 7.62. The number of hydrogen-bond donors (Lipinski definition) is 2. The van der Waals surface area contributed by atoms with Crippen molar-refractivity contribution in [2.45, 2.75) is 40.0 Å². The van der Waals surface area contributed by atoms with Crippen LogP contribution in [0.15, 0.2) is 30.3 Å². The maximum absolute atomic E-state index is 11.8. The van der Waals surface area contributed by atoms with E-state index >= 15 is 0 Å². The summed E-state index contributed by atoms with van der Waals surface area (Å²) in [5.74, 6) is -0.0772. The van der Waals surface area contributed by atoms with Crippen LogP contribution < -0.4 is 5.32 Å². The molecule has 0 aliphatic rings. The molecular weight excluding hydrogens is 262 g/mol. The number of aliphatic hydroxyl groups excluding tert-OH is 1. The van der Waals surface area contributed by atoms with E-state index in [0.717, 1.165) is 24.8 Å². The molecule has 0 atom stereocenters. The number of benzene rings is 1. The molecule has 116 valence electrons. The number of aliphatic hydroxyl groups is 1. The lowest BCUT2D eigenvalue weighted by molar-refractivity contribution is -0.116. The standard InChI is InChI=1S/C18H27NO2/c1-4-15-6-8-16(9-7-15)10-11-17(21)19-14-18(2,3)12-5-13-20/h6-11,20H,4-5,12-14H2,1-3H3,(H,19,21)/b11-10+. The highest BCUT2D eigenvalue weighted by Crippen LogP contribution is 2.20. The largest absolute Gasteiger partial charge is 0.396 e. The number of aryl methyl sites for hydroxylation is 1. The second-order valence-electron chi connectivity index (χ2n) is 6.14. The summed E-state index contributed by atoms with van der Waals surface area (Å²) in [5, 5.41) is 11.8. The van der Waals surface area contributed by atoms with Crippen molar-refractivity contribution in [3.8, 4) is 0 Å². The van der Waals surface area contributed by atoms with Gasteiger partial charge in [-0.15, -0.1) is 0 Å². The van der Waals surface area contributed by atoms with Crippen LogP contribution in [0.4, 0.5) is 0 Å². The van der Waals surface area contributed by atoms with Gasteiger partial charge in [0.05, 0.1) is 0 Å². The number of carbonyl (C=O) groups excluding carboxylic acids is 1. The summed E-state index contributed by atoms with van der Waals surface area (Å²) in [6.45, 7) is 7.12. The maximum atomic E-state index is 11.8. The molecule has 2 N–H and O–H groups in total. The molecule has 0 saturated heterocycles. The minimum atomic E-state index is -0.0772. The van der Waals surface area contributed by atoms with E-state index in [2.05, 4.69) is 38.2 Å². The Labute approximate surface area is 128 Å². The minimum Gasteiger partial charge on any atom is -0.396 e. The van der Waals surface area contributed by atoms with Crippen LogP contribution in [0.3, 0.4) is 0 Å². The molecule has 1 aromatic rings. The molecule has 1 rings (SSSR count). The molecule has 0 radical (unpaired) electrons. The minimum absolute atomic E-state index is 0.00893. The molecular formula is C18H27NO2. The van der Waals surface area contributed by atoms with Gasteiger partial charge in [0.2, 0.25) is 5.91 Å². The third-order valence-corrected chi connectivity index (χ3v) is 3.57. The van der Waals surface area contributed by atoms with E-state index in [1.165, 1.54) is 5.56 Å². The van der Waals surface area contributed by atoms with Crippen molar-refractivity contribution >= 4 is 12.0 Å². The fourth-order valence-corrected chi connectivity index (χ4v) is 2.07. The van der Waals surface area contributed by atoms with Crippen molar-refractivity contribution in [2.24, 2.45) is 5.41 Å². The fraction of sp³-hybridized carbons (Fsp3) is 0.500. The van der Waals surface area contributed by atoms with E-state index in [-0.39, 0.29) is 17.9 Å². The van der Waals surface area contributed by atoms with E-state index in [4.69, 9.17) is 5.11 Å².